The van der Waals surface area contributed by atoms with E-state index in [1.165, 1.54) is 10.1 Å². The number of aliphatic hydroxyl groups is 1. The second-order valence-corrected chi connectivity index (χ2v) is 5.36. The van der Waals surface area contributed by atoms with E-state index in [2.05, 4.69) is 38.4 Å². The molecule has 2 heterocycles. The normalized spacial score (nSPS) is 17.5. The molecule has 0 bridgehead atoms. The van der Waals surface area contributed by atoms with Crippen LogP contribution in [-0.2, 0) is 0 Å². The van der Waals surface area contributed by atoms with Crippen LogP contribution in [0.3, 0.4) is 0 Å². The second-order valence-electron chi connectivity index (χ2n) is 4.55. The molecule has 1 aromatic carbocycles. The molecule has 4 nitrogen and oxygen atoms in total. The van der Waals surface area contributed by atoms with Gasteiger partial charge in [-0.25, -0.2) is 0 Å². The van der Waals surface area contributed by atoms with E-state index >= 15 is 0 Å². The van der Waals surface area contributed by atoms with Crippen molar-refractivity contribution in [3.8, 4) is 0 Å². The highest BCUT2D eigenvalue weighted by atomic mass is 32.1. The molecule has 3 rings (SSSR count). The largest absolute Gasteiger partial charge is 0.395 e. The number of hydrogen-bond donors (Lipinski definition) is 1. The van der Waals surface area contributed by atoms with Crippen LogP contribution in [0.5, 0.6) is 0 Å². The van der Waals surface area contributed by atoms with Crippen LogP contribution in [-0.4, -0.2) is 53.7 Å². The Morgan fingerprint density at radius 1 is 1.17 bits per heavy atom. The molecule has 0 spiro atoms. The monoisotopic (exact) mass is 263 g/mol. The van der Waals surface area contributed by atoms with Crippen molar-refractivity contribution in [2.75, 3.05) is 44.2 Å². The summed E-state index contributed by atoms with van der Waals surface area (Å²) in [4.78, 5) is 4.65. The standard InChI is InChI=1S/C13H17N3OS/c17-10-9-15-5-7-16(8-6-15)13-11-3-1-2-4-12(11)18-14-13/h1-4,17H,5-10H2. The van der Waals surface area contributed by atoms with Crippen molar-refractivity contribution in [3.63, 3.8) is 0 Å². The molecular weight excluding hydrogens is 246 g/mol. The summed E-state index contributed by atoms with van der Waals surface area (Å²) in [6, 6.07) is 8.40. The van der Waals surface area contributed by atoms with Gasteiger partial charge in [0.2, 0.25) is 0 Å². The first-order valence-corrected chi connectivity index (χ1v) is 7.08. The first kappa shape index (κ1) is 11.9. The average Bonchev–Trinajstić information content (AvgIpc) is 2.84. The predicted octanol–water partition coefficient (Wildman–Crippen LogP) is 1.41. The average molecular weight is 263 g/mol. The number of benzene rings is 1. The summed E-state index contributed by atoms with van der Waals surface area (Å²) < 4.78 is 5.84. The number of fused-ring (bicyclic) bond motifs is 1. The number of aromatic nitrogens is 1. The maximum atomic E-state index is 8.94. The van der Waals surface area contributed by atoms with Crippen LogP contribution < -0.4 is 4.90 Å². The van der Waals surface area contributed by atoms with Crippen molar-refractivity contribution in [1.29, 1.82) is 0 Å². The van der Waals surface area contributed by atoms with Gasteiger partial charge in [0.1, 0.15) is 5.82 Å². The Kier molecular flexibility index (Phi) is 3.45. The van der Waals surface area contributed by atoms with E-state index in [4.69, 9.17) is 5.11 Å². The quantitative estimate of drug-likeness (QED) is 0.909. The summed E-state index contributed by atoms with van der Waals surface area (Å²) in [7, 11) is 0. The van der Waals surface area contributed by atoms with Gasteiger partial charge >= 0.3 is 0 Å². The minimum Gasteiger partial charge on any atom is -0.395 e. The summed E-state index contributed by atoms with van der Waals surface area (Å²) in [6.45, 7) is 5.03. The lowest BCUT2D eigenvalue weighted by molar-refractivity contribution is 0.188. The Morgan fingerprint density at radius 2 is 1.94 bits per heavy atom. The Hall–Kier alpha value is -1.17. The summed E-state index contributed by atoms with van der Waals surface area (Å²) >= 11 is 1.57. The zero-order chi connectivity index (χ0) is 12.4. The smallest absolute Gasteiger partial charge is 0.150 e. The predicted molar refractivity (Wildman–Crippen MR) is 75.4 cm³/mol. The van der Waals surface area contributed by atoms with E-state index in [-0.39, 0.29) is 6.61 Å². The van der Waals surface area contributed by atoms with Crippen LogP contribution in [0.15, 0.2) is 24.3 Å². The zero-order valence-electron chi connectivity index (χ0n) is 10.2. The lowest BCUT2D eigenvalue weighted by atomic mass is 10.2. The van der Waals surface area contributed by atoms with Gasteiger partial charge in [0, 0.05) is 38.1 Å². The topological polar surface area (TPSA) is 39.6 Å². The van der Waals surface area contributed by atoms with Gasteiger partial charge in [-0.3, -0.25) is 4.90 Å². The van der Waals surface area contributed by atoms with E-state index in [0.29, 0.717) is 0 Å². The molecule has 2 aromatic rings. The molecular formula is C13H17N3OS. The van der Waals surface area contributed by atoms with Crippen LogP contribution in [0, 0.1) is 0 Å². The number of aliphatic hydroxyl groups excluding tert-OH is 1. The maximum absolute atomic E-state index is 8.94. The van der Waals surface area contributed by atoms with E-state index < -0.39 is 0 Å². The van der Waals surface area contributed by atoms with Crippen molar-refractivity contribution < 1.29 is 5.11 Å². The Labute approximate surface area is 111 Å². The third-order valence-electron chi connectivity index (χ3n) is 3.45. The molecule has 1 N–H and O–H groups in total. The first-order valence-electron chi connectivity index (χ1n) is 6.31. The van der Waals surface area contributed by atoms with Crippen LogP contribution in [0.4, 0.5) is 5.82 Å². The number of rotatable bonds is 3. The van der Waals surface area contributed by atoms with Crippen molar-refractivity contribution in [1.82, 2.24) is 9.27 Å². The lowest BCUT2D eigenvalue weighted by Gasteiger charge is -2.34. The Morgan fingerprint density at radius 3 is 2.72 bits per heavy atom. The third kappa shape index (κ3) is 2.21. The fraction of sp³-hybridized carbons (Fsp3) is 0.462. The highest BCUT2D eigenvalue weighted by molar-refractivity contribution is 7.13. The molecule has 1 aliphatic rings. The molecule has 5 heteroatoms. The zero-order valence-corrected chi connectivity index (χ0v) is 11.1. The lowest BCUT2D eigenvalue weighted by Crippen LogP contribution is -2.47. The van der Waals surface area contributed by atoms with E-state index in [9.17, 15) is 0 Å². The van der Waals surface area contributed by atoms with Gasteiger partial charge < -0.3 is 10.0 Å². The number of nitrogens with zero attached hydrogens (tertiary/aromatic N) is 3. The molecule has 0 saturated carbocycles. The van der Waals surface area contributed by atoms with Gasteiger partial charge in [-0.1, -0.05) is 12.1 Å². The van der Waals surface area contributed by atoms with Gasteiger partial charge in [0.25, 0.3) is 0 Å². The van der Waals surface area contributed by atoms with Crippen molar-refractivity contribution in [2.24, 2.45) is 0 Å². The molecule has 0 amide bonds. The first-order chi connectivity index (χ1) is 8.88. The third-order valence-corrected chi connectivity index (χ3v) is 4.26. The van der Waals surface area contributed by atoms with Gasteiger partial charge in [-0.2, -0.15) is 4.37 Å². The molecule has 96 valence electrons. The summed E-state index contributed by atoms with van der Waals surface area (Å²) in [5.41, 5.74) is 0. The number of anilines is 1. The van der Waals surface area contributed by atoms with Gasteiger partial charge in [-0.15, -0.1) is 0 Å². The highest BCUT2D eigenvalue weighted by Gasteiger charge is 2.19. The minimum atomic E-state index is 0.250. The van der Waals surface area contributed by atoms with E-state index in [1.54, 1.807) is 11.5 Å². The Bertz CT molecular complexity index is 520. The van der Waals surface area contributed by atoms with Crippen LogP contribution >= 0.6 is 11.5 Å². The molecule has 1 fully saturated rings. The van der Waals surface area contributed by atoms with Crippen molar-refractivity contribution in [3.05, 3.63) is 24.3 Å². The number of β-amino-alcohol motifs (C(OH)–C–C–N with tert-alkyl or cyclic N) is 1. The number of piperazine rings is 1. The van der Waals surface area contributed by atoms with Crippen LogP contribution in [0.2, 0.25) is 0 Å². The summed E-state index contributed by atoms with van der Waals surface area (Å²) in [6.07, 6.45) is 0. The second kappa shape index (κ2) is 5.22. The highest BCUT2D eigenvalue weighted by Crippen LogP contribution is 2.29. The van der Waals surface area contributed by atoms with Crippen molar-refractivity contribution in [2.45, 2.75) is 0 Å². The Balaban J connectivity index is 1.76. The summed E-state index contributed by atoms with van der Waals surface area (Å²) in [5.74, 6) is 1.12. The maximum Gasteiger partial charge on any atom is 0.150 e. The van der Waals surface area contributed by atoms with Gasteiger partial charge in [0.15, 0.2) is 0 Å². The van der Waals surface area contributed by atoms with Crippen LogP contribution in [0.1, 0.15) is 0 Å². The number of hydrogen-bond acceptors (Lipinski definition) is 5. The van der Waals surface area contributed by atoms with Crippen molar-refractivity contribution >= 4 is 27.4 Å². The molecule has 0 unspecified atom stereocenters. The molecule has 0 aliphatic carbocycles. The summed E-state index contributed by atoms with van der Waals surface area (Å²) in [5, 5.41) is 10.2. The van der Waals surface area contributed by atoms with Gasteiger partial charge in [0.05, 0.1) is 11.3 Å². The van der Waals surface area contributed by atoms with Gasteiger partial charge in [-0.05, 0) is 23.7 Å². The fourth-order valence-electron chi connectivity index (χ4n) is 2.43. The fourth-order valence-corrected chi connectivity index (χ4v) is 3.22. The molecule has 0 atom stereocenters. The molecule has 1 aliphatic heterocycles. The van der Waals surface area contributed by atoms with E-state index in [0.717, 1.165) is 38.5 Å². The van der Waals surface area contributed by atoms with Crippen LogP contribution in [0.25, 0.3) is 10.1 Å². The molecule has 1 aromatic heterocycles. The minimum absolute atomic E-state index is 0.250. The molecule has 18 heavy (non-hydrogen) atoms. The van der Waals surface area contributed by atoms with E-state index in [1.807, 2.05) is 0 Å². The molecule has 0 radical (unpaired) electrons. The molecule has 1 saturated heterocycles. The SMILES string of the molecule is OCCN1CCN(c2nsc3ccccc23)CC1.